The van der Waals surface area contributed by atoms with Crippen LogP contribution in [0.1, 0.15) is 25.3 Å². The normalized spacial score (nSPS) is 16.9. The second-order valence-electron chi connectivity index (χ2n) is 4.74. The van der Waals surface area contributed by atoms with E-state index in [2.05, 4.69) is 35.6 Å². The summed E-state index contributed by atoms with van der Waals surface area (Å²) >= 11 is 8.11. The highest BCUT2D eigenvalue weighted by Gasteiger charge is 2.24. The van der Waals surface area contributed by atoms with E-state index in [9.17, 15) is 4.79 Å². The van der Waals surface area contributed by atoms with Crippen LogP contribution in [0.4, 0.5) is 0 Å². The van der Waals surface area contributed by atoms with Crippen molar-refractivity contribution in [2.45, 2.75) is 26.2 Å². The summed E-state index contributed by atoms with van der Waals surface area (Å²) in [4.78, 5) is 13.9. The molecule has 0 N–H and O–H groups in total. The van der Waals surface area contributed by atoms with Crippen molar-refractivity contribution in [1.82, 2.24) is 4.90 Å². The van der Waals surface area contributed by atoms with Gasteiger partial charge in [-0.2, -0.15) is 0 Å². The SMILES string of the molecule is CCC/C=C1\C(I)=CC(=O)N1CCc1ccc(Cl)cc1. The maximum absolute atomic E-state index is 12.0. The van der Waals surface area contributed by atoms with Crippen LogP contribution in [0.25, 0.3) is 0 Å². The third kappa shape index (κ3) is 3.85. The third-order valence-corrected chi connectivity index (χ3v) is 4.33. The number of carbonyl (C=O) groups is 1. The van der Waals surface area contributed by atoms with Crippen LogP contribution in [0.5, 0.6) is 0 Å². The van der Waals surface area contributed by atoms with Gasteiger partial charge in [0.05, 0.1) is 5.70 Å². The second kappa shape index (κ2) is 7.27. The molecule has 0 saturated carbocycles. The summed E-state index contributed by atoms with van der Waals surface area (Å²) in [5, 5.41) is 0.741. The topological polar surface area (TPSA) is 20.3 Å². The first-order valence-electron chi connectivity index (χ1n) is 6.75. The summed E-state index contributed by atoms with van der Waals surface area (Å²) in [5.74, 6) is 0.0886. The quantitative estimate of drug-likeness (QED) is 0.653. The second-order valence-corrected chi connectivity index (χ2v) is 6.34. The number of benzene rings is 1. The summed E-state index contributed by atoms with van der Waals surface area (Å²) in [5.41, 5.74) is 2.25. The van der Waals surface area contributed by atoms with E-state index < -0.39 is 0 Å². The first-order valence-corrected chi connectivity index (χ1v) is 8.21. The lowest BCUT2D eigenvalue weighted by molar-refractivity contribution is -0.123. The molecule has 0 bridgehead atoms. The zero-order valence-electron chi connectivity index (χ0n) is 11.4. The highest BCUT2D eigenvalue weighted by molar-refractivity contribution is 14.1. The van der Waals surface area contributed by atoms with Gasteiger partial charge in [0.2, 0.25) is 0 Å². The number of hydrogen-bond acceptors (Lipinski definition) is 1. The Bertz CT molecular complexity index is 548. The van der Waals surface area contributed by atoms with Crippen LogP contribution in [0, 0.1) is 0 Å². The molecule has 1 aliphatic heterocycles. The lowest BCUT2D eigenvalue weighted by Gasteiger charge is -2.19. The Morgan fingerprint density at radius 1 is 1.30 bits per heavy atom. The summed E-state index contributed by atoms with van der Waals surface area (Å²) in [6.07, 6.45) is 6.80. The van der Waals surface area contributed by atoms with Crippen LogP contribution in [0.3, 0.4) is 0 Å². The number of unbranched alkanes of at least 4 members (excludes halogenated alkanes) is 1. The number of rotatable bonds is 5. The number of carbonyl (C=O) groups excluding carboxylic acids is 1. The van der Waals surface area contributed by atoms with Gasteiger partial charge in [0, 0.05) is 21.2 Å². The van der Waals surface area contributed by atoms with Crippen molar-refractivity contribution in [2.24, 2.45) is 0 Å². The number of nitrogens with zero attached hydrogens (tertiary/aromatic N) is 1. The van der Waals surface area contributed by atoms with Crippen molar-refractivity contribution < 1.29 is 4.79 Å². The Balaban J connectivity index is 2.04. The fourth-order valence-corrected chi connectivity index (χ4v) is 3.02. The Labute approximate surface area is 138 Å². The highest BCUT2D eigenvalue weighted by Crippen LogP contribution is 2.29. The van der Waals surface area contributed by atoms with Gasteiger partial charge in [-0.15, -0.1) is 0 Å². The zero-order chi connectivity index (χ0) is 14.5. The summed E-state index contributed by atoms with van der Waals surface area (Å²) < 4.78 is 1.04. The van der Waals surface area contributed by atoms with Gasteiger partial charge in [-0.05, 0) is 53.1 Å². The van der Waals surface area contributed by atoms with E-state index in [1.54, 1.807) is 6.08 Å². The summed E-state index contributed by atoms with van der Waals surface area (Å²) in [7, 11) is 0. The molecular formula is C16H17ClINO. The van der Waals surface area contributed by atoms with Crippen LogP contribution in [0.15, 0.2) is 45.7 Å². The molecule has 0 aromatic heterocycles. The number of amides is 1. The molecule has 4 heteroatoms. The van der Waals surface area contributed by atoms with E-state index in [0.29, 0.717) is 6.54 Å². The predicted molar refractivity (Wildman–Crippen MR) is 92.0 cm³/mol. The minimum atomic E-state index is 0.0886. The van der Waals surface area contributed by atoms with Gasteiger partial charge in [-0.3, -0.25) is 4.79 Å². The standard InChI is InChI=1S/C16H17ClINO/c1-2-3-4-15-14(18)11-16(20)19(15)10-9-12-5-7-13(17)8-6-12/h4-8,11H,2-3,9-10H2,1H3/b15-4+. The molecule has 1 amide bonds. The molecule has 2 rings (SSSR count). The molecule has 1 aromatic rings. The Kier molecular flexibility index (Phi) is 5.66. The van der Waals surface area contributed by atoms with E-state index >= 15 is 0 Å². The largest absolute Gasteiger partial charge is 0.308 e. The van der Waals surface area contributed by atoms with Crippen molar-refractivity contribution in [2.75, 3.05) is 6.54 Å². The van der Waals surface area contributed by atoms with Crippen LogP contribution in [-0.2, 0) is 11.2 Å². The molecule has 0 fully saturated rings. The van der Waals surface area contributed by atoms with Crippen molar-refractivity contribution in [3.8, 4) is 0 Å². The molecule has 0 aliphatic carbocycles. The molecule has 0 atom stereocenters. The van der Waals surface area contributed by atoms with Crippen LogP contribution in [-0.4, -0.2) is 17.4 Å². The minimum Gasteiger partial charge on any atom is -0.308 e. The van der Waals surface area contributed by atoms with Gasteiger partial charge in [0.15, 0.2) is 0 Å². The molecule has 2 nitrogen and oxygen atoms in total. The van der Waals surface area contributed by atoms with Gasteiger partial charge in [-0.25, -0.2) is 0 Å². The van der Waals surface area contributed by atoms with E-state index in [1.165, 1.54) is 5.56 Å². The van der Waals surface area contributed by atoms with E-state index in [-0.39, 0.29) is 5.91 Å². The van der Waals surface area contributed by atoms with Crippen molar-refractivity contribution in [3.05, 3.63) is 56.3 Å². The number of halogens is 2. The van der Waals surface area contributed by atoms with Crippen LogP contribution < -0.4 is 0 Å². The fourth-order valence-electron chi connectivity index (χ4n) is 2.12. The molecular weight excluding hydrogens is 385 g/mol. The predicted octanol–water partition coefficient (Wildman–Crippen LogP) is 4.73. The molecule has 20 heavy (non-hydrogen) atoms. The molecule has 0 saturated heterocycles. The average Bonchev–Trinajstić information content (AvgIpc) is 2.70. The smallest absolute Gasteiger partial charge is 0.252 e. The molecule has 1 aromatic carbocycles. The number of hydrogen-bond donors (Lipinski definition) is 0. The average molecular weight is 402 g/mol. The van der Waals surface area contributed by atoms with Crippen molar-refractivity contribution >= 4 is 40.1 Å². The first-order chi connectivity index (χ1) is 9.61. The maximum atomic E-state index is 12.0. The van der Waals surface area contributed by atoms with Crippen LogP contribution in [0.2, 0.25) is 5.02 Å². The molecule has 1 aliphatic rings. The Morgan fingerprint density at radius 2 is 2.00 bits per heavy atom. The fraction of sp³-hybridized carbons (Fsp3) is 0.312. The van der Waals surface area contributed by atoms with E-state index in [4.69, 9.17) is 11.6 Å². The maximum Gasteiger partial charge on any atom is 0.252 e. The number of allylic oxidation sites excluding steroid dienone is 2. The van der Waals surface area contributed by atoms with Gasteiger partial charge >= 0.3 is 0 Å². The van der Waals surface area contributed by atoms with Gasteiger partial charge in [0.1, 0.15) is 0 Å². The van der Waals surface area contributed by atoms with Gasteiger partial charge in [0.25, 0.3) is 5.91 Å². The zero-order valence-corrected chi connectivity index (χ0v) is 14.3. The van der Waals surface area contributed by atoms with E-state index in [1.807, 2.05) is 29.2 Å². The lowest BCUT2D eigenvalue weighted by atomic mass is 10.1. The third-order valence-electron chi connectivity index (χ3n) is 3.22. The Morgan fingerprint density at radius 3 is 2.65 bits per heavy atom. The first kappa shape index (κ1) is 15.6. The monoisotopic (exact) mass is 401 g/mol. The molecule has 1 heterocycles. The van der Waals surface area contributed by atoms with Crippen molar-refractivity contribution in [1.29, 1.82) is 0 Å². The van der Waals surface area contributed by atoms with Gasteiger partial charge < -0.3 is 4.90 Å². The summed E-state index contributed by atoms with van der Waals surface area (Å²) in [6, 6.07) is 7.80. The highest BCUT2D eigenvalue weighted by atomic mass is 127. The lowest BCUT2D eigenvalue weighted by Crippen LogP contribution is -2.26. The molecule has 0 radical (unpaired) electrons. The molecule has 0 unspecified atom stereocenters. The summed E-state index contributed by atoms with van der Waals surface area (Å²) in [6.45, 7) is 2.85. The van der Waals surface area contributed by atoms with Gasteiger partial charge in [-0.1, -0.05) is 43.2 Å². The minimum absolute atomic E-state index is 0.0886. The van der Waals surface area contributed by atoms with Crippen LogP contribution >= 0.6 is 34.2 Å². The van der Waals surface area contributed by atoms with E-state index in [0.717, 1.165) is 33.6 Å². The molecule has 106 valence electrons. The molecule has 0 spiro atoms. The van der Waals surface area contributed by atoms with Crippen molar-refractivity contribution in [3.63, 3.8) is 0 Å². The Hall–Kier alpha value is -0.810.